The molecule has 130 valence electrons. The van der Waals surface area contributed by atoms with E-state index in [-0.39, 0.29) is 25.0 Å². The highest BCUT2D eigenvalue weighted by molar-refractivity contribution is 6.30. The Labute approximate surface area is 145 Å². The number of fused-ring (bicyclic) bond motifs is 1. The van der Waals surface area contributed by atoms with Crippen molar-refractivity contribution in [3.8, 4) is 0 Å². The van der Waals surface area contributed by atoms with Gasteiger partial charge in [-0.2, -0.15) is 0 Å². The predicted octanol–water partition coefficient (Wildman–Crippen LogP) is 1.33. The average molecular weight is 353 g/mol. The van der Waals surface area contributed by atoms with Crippen molar-refractivity contribution in [2.45, 2.75) is 6.54 Å². The predicted molar refractivity (Wildman–Crippen MR) is 88.7 cm³/mol. The van der Waals surface area contributed by atoms with E-state index in [1.54, 1.807) is 4.90 Å². The SMILES string of the molecule is COCC(=O)N1C[C@@H]2CN(Cc3ccc(Cl)cc3)C[C@]2(C(=O)O)C1. The van der Waals surface area contributed by atoms with Crippen LogP contribution in [0, 0.1) is 11.3 Å². The third-order valence-electron chi connectivity index (χ3n) is 5.05. The normalized spacial score (nSPS) is 26.6. The Kier molecular flexibility index (Phi) is 4.80. The van der Waals surface area contributed by atoms with Gasteiger partial charge in [0, 0.05) is 50.8 Å². The number of likely N-dealkylation sites (tertiary alicyclic amines) is 2. The van der Waals surface area contributed by atoms with Gasteiger partial charge in [-0.05, 0) is 17.7 Å². The minimum absolute atomic E-state index is 0.00307. The van der Waals surface area contributed by atoms with Gasteiger partial charge in [0.25, 0.3) is 0 Å². The Bertz CT molecular complexity index is 636. The largest absolute Gasteiger partial charge is 0.481 e. The van der Waals surface area contributed by atoms with Gasteiger partial charge in [-0.3, -0.25) is 14.5 Å². The van der Waals surface area contributed by atoms with Crippen LogP contribution >= 0.6 is 11.6 Å². The van der Waals surface area contributed by atoms with Crippen molar-refractivity contribution < 1.29 is 19.4 Å². The van der Waals surface area contributed by atoms with Crippen LogP contribution in [0.15, 0.2) is 24.3 Å². The van der Waals surface area contributed by atoms with E-state index in [1.807, 2.05) is 24.3 Å². The molecular weight excluding hydrogens is 332 g/mol. The van der Waals surface area contributed by atoms with Gasteiger partial charge in [-0.1, -0.05) is 23.7 Å². The number of carbonyl (C=O) groups is 2. The molecule has 0 radical (unpaired) electrons. The number of carboxylic acids is 1. The first kappa shape index (κ1) is 17.2. The number of hydrogen-bond donors (Lipinski definition) is 1. The lowest BCUT2D eigenvalue weighted by molar-refractivity contribution is -0.149. The van der Waals surface area contributed by atoms with Crippen molar-refractivity contribution in [3.63, 3.8) is 0 Å². The number of amides is 1. The van der Waals surface area contributed by atoms with Gasteiger partial charge in [0.05, 0.1) is 0 Å². The molecule has 1 aromatic carbocycles. The van der Waals surface area contributed by atoms with Crippen molar-refractivity contribution in [1.29, 1.82) is 0 Å². The smallest absolute Gasteiger partial charge is 0.313 e. The van der Waals surface area contributed by atoms with Crippen molar-refractivity contribution in [3.05, 3.63) is 34.9 Å². The van der Waals surface area contributed by atoms with Gasteiger partial charge in [0.15, 0.2) is 0 Å². The molecule has 0 aromatic heterocycles. The Morgan fingerprint density at radius 2 is 2.00 bits per heavy atom. The molecule has 2 fully saturated rings. The summed E-state index contributed by atoms with van der Waals surface area (Å²) in [5, 5.41) is 10.5. The fraction of sp³-hybridized carbons (Fsp3) is 0.529. The second-order valence-electron chi connectivity index (χ2n) is 6.66. The van der Waals surface area contributed by atoms with Crippen LogP contribution in [0.1, 0.15) is 5.56 Å². The second-order valence-corrected chi connectivity index (χ2v) is 7.10. The summed E-state index contributed by atoms with van der Waals surface area (Å²) < 4.78 is 4.88. The lowest BCUT2D eigenvalue weighted by Crippen LogP contribution is -2.42. The molecule has 2 heterocycles. The number of rotatable bonds is 5. The molecule has 1 amide bonds. The van der Waals surface area contributed by atoms with E-state index in [9.17, 15) is 14.7 Å². The maximum absolute atomic E-state index is 12.0. The van der Waals surface area contributed by atoms with E-state index in [0.29, 0.717) is 31.2 Å². The van der Waals surface area contributed by atoms with Crippen LogP contribution in [0.4, 0.5) is 0 Å². The van der Waals surface area contributed by atoms with E-state index in [0.717, 1.165) is 5.56 Å². The quantitative estimate of drug-likeness (QED) is 0.865. The molecule has 6 nitrogen and oxygen atoms in total. The highest BCUT2D eigenvalue weighted by Gasteiger charge is 2.58. The molecular formula is C17H21ClN2O4. The fourth-order valence-electron chi connectivity index (χ4n) is 3.84. The number of benzene rings is 1. The fourth-order valence-corrected chi connectivity index (χ4v) is 3.97. The molecule has 2 aliphatic heterocycles. The Hall–Kier alpha value is -1.63. The zero-order chi connectivity index (χ0) is 17.3. The number of nitrogens with zero attached hydrogens (tertiary/aromatic N) is 2. The first-order valence-corrected chi connectivity index (χ1v) is 8.29. The van der Waals surface area contributed by atoms with Gasteiger partial charge in [-0.15, -0.1) is 0 Å². The first-order valence-electron chi connectivity index (χ1n) is 7.91. The molecule has 1 N–H and O–H groups in total. The minimum Gasteiger partial charge on any atom is -0.481 e. The number of halogens is 1. The molecule has 0 spiro atoms. The van der Waals surface area contributed by atoms with Gasteiger partial charge in [0.1, 0.15) is 12.0 Å². The van der Waals surface area contributed by atoms with E-state index in [2.05, 4.69) is 4.90 Å². The van der Waals surface area contributed by atoms with E-state index < -0.39 is 11.4 Å². The van der Waals surface area contributed by atoms with E-state index in [4.69, 9.17) is 16.3 Å². The summed E-state index contributed by atoms with van der Waals surface area (Å²) in [6, 6.07) is 7.59. The maximum atomic E-state index is 12.0. The Morgan fingerprint density at radius 1 is 1.29 bits per heavy atom. The summed E-state index contributed by atoms with van der Waals surface area (Å²) in [5.41, 5.74) is 0.225. The third kappa shape index (κ3) is 3.14. The molecule has 0 aliphatic carbocycles. The molecule has 0 unspecified atom stereocenters. The Morgan fingerprint density at radius 3 is 2.58 bits per heavy atom. The standard InChI is InChI=1S/C17H21ClN2O4/c1-24-9-15(21)20-8-13-7-19(10-17(13,11-20)16(22)23)6-12-2-4-14(18)5-3-12/h2-5,13H,6-11H2,1H3,(H,22,23)/t13-,17-/m0/s1. The summed E-state index contributed by atoms with van der Waals surface area (Å²) in [6.07, 6.45) is 0. The lowest BCUT2D eigenvalue weighted by atomic mass is 9.81. The molecule has 0 bridgehead atoms. The summed E-state index contributed by atoms with van der Waals surface area (Å²) >= 11 is 5.90. The molecule has 1 aromatic rings. The van der Waals surface area contributed by atoms with Crippen LogP contribution in [0.5, 0.6) is 0 Å². The van der Waals surface area contributed by atoms with Crippen molar-refractivity contribution >= 4 is 23.5 Å². The van der Waals surface area contributed by atoms with Crippen LogP contribution in [0.3, 0.4) is 0 Å². The molecule has 3 rings (SSSR count). The zero-order valence-electron chi connectivity index (χ0n) is 13.6. The molecule has 24 heavy (non-hydrogen) atoms. The number of carboxylic acid groups (broad SMARTS) is 1. The van der Waals surface area contributed by atoms with Crippen LogP contribution in [-0.4, -0.2) is 66.7 Å². The monoisotopic (exact) mass is 352 g/mol. The third-order valence-corrected chi connectivity index (χ3v) is 5.30. The number of ether oxygens (including phenoxy) is 1. The highest BCUT2D eigenvalue weighted by atomic mass is 35.5. The van der Waals surface area contributed by atoms with Crippen molar-refractivity contribution in [2.24, 2.45) is 11.3 Å². The number of aliphatic carboxylic acids is 1. The average Bonchev–Trinajstić information content (AvgIpc) is 3.05. The topological polar surface area (TPSA) is 70.1 Å². The molecule has 7 heteroatoms. The molecule has 2 atom stereocenters. The molecule has 2 aliphatic rings. The van der Waals surface area contributed by atoms with Crippen LogP contribution in [0.2, 0.25) is 5.02 Å². The maximum Gasteiger partial charge on any atom is 0.313 e. The van der Waals surface area contributed by atoms with Gasteiger partial charge >= 0.3 is 5.97 Å². The number of carbonyl (C=O) groups excluding carboxylic acids is 1. The van der Waals surface area contributed by atoms with Crippen LogP contribution in [-0.2, 0) is 20.9 Å². The van der Waals surface area contributed by atoms with Crippen LogP contribution < -0.4 is 0 Å². The summed E-state index contributed by atoms with van der Waals surface area (Å²) in [7, 11) is 1.47. The van der Waals surface area contributed by atoms with Crippen molar-refractivity contribution in [2.75, 3.05) is 39.9 Å². The zero-order valence-corrected chi connectivity index (χ0v) is 14.3. The number of methoxy groups -OCH3 is 1. The number of hydrogen-bond acceptors (Lipinski definition) is 4. The van der Waals surface area contributed by atoms with Gasteiger partial charge in [0.2, 0.25) is 5.91 Å². The van der Waals surface area contributed by atoms with E-state index in [1.165, 1.54) is 7.11 Å². The van der Waals surface area contributed by atoms with Gasteiger partial charge in [-0.25, -0.2) is 0 Å². The second kappa shape index (κ2) is 6.70. The highest BCUT2D eigenvalue weighted by Crippen LogP contribution is 2.43. The summed E-state index contributed by atoms with van der Waals surface area (Å²) in [4.78, 5) is 27.8. The molecule has 2 saturated heterocycles. The lowest BCUT2D eigenvalue weighted by Gasteiger charge is -2.25. The molecule has 0 saturated carbocycles. The summed E-state index contributed by atoms with van der Waals surface area (Å²) in [5.74, 6) is -1.02. The summed E-state index contributed by atoms with van der Waals surface area (Å²) in [6.45, 7) is 2.54. The van der Waals surface area contributed by atoms with Gasteiger partial charge < -0.3 is 14.7 Å². The first-order chi connectivity index (χ1) is 11.4. The van der Waals surface area contributed by atoms with E-state index >= 15 is 0 Å². The Balaban J connectivity index is 1.70. The van der Waals surface area contributed by atoms with Crippen LogP contribution in [0.25, 0.3) is 0 Å². The van der Waals surface area contributed by atoms with Crippen molar-refractivity contribution in [1.82, 2.24) is 9.80 Å². The minimum atomic E-state index is -0.879.